The van der Waals surface area contributed by atoms with Crippen LogP contribution in [0.4, 0.5) is 10.5 Å². The van der Waals surface area contributed by atoms with E-state index in [4.69, 9.17) is 4.74 Å². The third-order valence-electron chi connectivity index (χ3n) is 11.0. The molecule has 0 unspecified atom stereocenters. The summed E-state index contributed by atoms with van der Waals surface area (Å²) in [5.41, 5.74) is 3.43. The van der Waals surface area contributed by atoms with Crippen molar-refractivity contribution in [2.24, 2.45) is 5.92 Å². The van der Waals surface area contributed by atoms with Crippen molar-refractivity contribution < 1.29 is 24.5 Å². The third-order valence-corrected chi connectivity index (χ3v) is 11.0. The molecule has 1 saturated carbocycles. The molecule has 2 aliphatic rings. The van der Waals surface area contributed by atoms with Gasteiger partial charge in [0.05, 0.1) is 17.3 Å². The molecule has 3 aromatic carbocycles. The van der Waals surface area contributed by atoms with Crippen molar-refractivity contribution in [1.29, 1.82) is 0 Å². The Balaban J connectivity index is 0.784. The number of nitrogens with one attached hydrogen (secondary N) is 4. The highest BCUT2D eigenvalue weighted by atomic mass is 16.6. The highest BCUT2D eigenvalue weighted by molar-refractivity contribution is 5.91. The molecule has 6 N–H and O–H groups in total. The van der Waals surface area contributed by atoms with E-state index in [1.807, 2.05) is 54.6 Å². The maximum absolute atomic E-state index is 12.8. The highest BCUT2D eigenvalue weighted by Gasteiger charge is 2.26. The molecule has 0 spiro atoms. The molecule has 2 heterocycles. The average Bonchev–Trinajstić information content (AvgIpc) is 3.18. The van der Waals surface area contributed by atoms with E-state index in [0.717, 1.165) is 101 Å². The fourth-order valence-electron chi connectivity index (χ4n) is 7.87. The van der Waals surface area contributed by atoms with Crippen LogP contribution in [0.2, 0.25) is 0 Å². The molecule has 1 aliphatic heterocycles. The fourth-order valence-corrected chi connectivity index (χ4v) is 7.87. The zero-order chi connectivity index (χ0) is 37.7. The number of aromatic hydroxyl groups is 1. The summed E-state index contributed by atoms with van der Waals surface area (Å²) >= 11 is 0. The van der Waals surface area contributed by atoms with Gasteiger partial charge in [-0.1, -0.05) is 61.0 Å². The van der Waals surface area contributed by atoms with E-state index in [-0.39, 0.29) is 29.4 Å². The Morgan fingerprint density at radius 2 is 1.63 bits per heavy atom. The number of fused-ring (bicyclic) bond motifs is 1. The molecule has 1 saturated heterocycles. The Morgan fingerprint density at radius 3 is 2.43 bits per heavy atom. The summed E-state index contributed by atoms with van der Waals surface area (Å²) in [5.74, 6) is 0.796. The van der Waals surface area contributed by atoms with Gasteiger partial charge in [0.25, 0.3) is 0 Å². The Labute approximate surface area is 317 Å². The van der Waals surface area contributed by atoms with Gasteiger partial charge in [-0.2, -0.15) is 0 Å². The monoisotopic (exact) mass is 737 g/mol. The number of ether oxygens (including phenoxy) is 1. The lowest BCUT2D eigenvalue weighted by molar-refractivity contribution is -0.122. The van der Waals surface area contributed by atoms with Crippen LogP contribution in [-0.2, 0) is 9.53 Å². The number of H-pyrrole nitrogens is 1. The smallest absolute Gasteiger partial charge is 0.411 e. The zero-order valence-electron chi connectivity index (χ0n) is 31.1. The lowest BCUT2D eigenvalue weighted by atomic mass is 9.84. The predicted octanol–water partition coefficient (Wildman–Crippen LogP) is 6.86. The number of unbranched alkanes of at least 4 members (excludes halogenated alkanes) is 2. The van der Waals surface area contributed by atoms with Crippen LogP contribution in [0, 0.1) is 5.92 Å². The summed E-state index contributed by atoms with van der Waals surface area (Å²) < 4.78 is 5.82. The molecule has 0 radical (unpaired) electrons. The molecule has 54 heavy (non-hydrogen) atoms. The second-order valence-electron chi connectivity index (χ2n) is 14.9. The van der Waals surface area contributed by atoms with Crippen LogP contribution in [0.1, 0.15) is 82.3 Å². The van der Waals surface area contributed by atoms with E-state index >= 15 is 0 Å². The Morgan fingerprint density at radius 1 is 0.870 bits per heavy atom. The Hall–Kier alpha value is -4.71. The van der Waals surface area contributed by atoms with Crippen LogP contribution in [0.5, 0.6) is 5.75 Å². The SMILES string of the molecule is O=C(CCCCCNC[C@@H](O)c1ccc(O)c2[nH]c(=O)ccc12)NC1CCC(CCN2CCC(OC(=O)Nc3ccccc3-c3ccccc3)CC2)CC1. The van der Waals surface area contributed by atoms with Crippen LogP contribution >= 0.6 is 0 Å². The fraction of sp³-hybridized carbons (Fsp3) is 0.465. The first-order valence-corrected chi connectivity index (χ1v) is 19.7. The van der Waals surface area contributed by atoms with Crippen molar-refractivity contribution in [1.82, 2.24) is 20.5 Å². The van der Waals surface area contributed by atoms with E-state index in [1.54, 1.807) is 12.1 Å². The predicted molar refractivity (Wildman–Crippen MR) is 212 cm³/mol. The van der Waals surface area contributed by atoms with Crippen molar-refractivity contribution in [3.63, 3.8) is 0 Å². The molecule has 11 nitrogen and oxygen atoms in total. The van der Waals surface area contributed by atoms with Crippen LogP contribution in [0.15, 0.2) is 83.7 Å². The second kappa shape index (κ2) is 19.6. The number of likely N-dealkylation sites (tertiary alicyclic amines) is 1. The van der Waals surface area contributed by atoms with Gasteiger partial charge in [-0.25, -0.2) is 4.79 Å². The average molecular weight is 738 g/mol. The highest BCUT2D eigenvalue weighted by Crippen LogP contribution is 2.30. The van der Waals surface area contributed by atoms with Gasteiger partial charge < -0.3 is 35.5 Å². The summed E-state index contributed by atoms with van der Waals surface area (Å²) in [7, 11) is 0. The largest absolute Gasteiger partial charge is 0.506 e. The number of aromatic nitrogens is 1. The van der Waals surface area contributed by atoms with Gasteiger partial charge in [-0.05, 0) is 106 Å². The minimum absolute atomic E-state index is 0.0267. The van der Waals surface area contributed by atoms with Gasteiger partial charge >= 0.3 is 6.09 Å². The van der Waals surface area contributed by atoms with Crippen molar-refractivity contribution in [3.05, 3.63) is 94.8 Å². The molecule has 288 valence electrons. The third kappa shape index (κ3) is 11.2. The maximum Gasteiger partial charge on any atom is 0.411 e. The number of carbonyl (C=O) groups is 2. The van der Waals surface area contributed by atoms with Crippen LogP contribution in [-0.4, -0.2) is 77.0 Å². The topological polar surface area (TPSA) is 156 Å². The molecular weight excluding hydrogens is 683 g/mol. The molecule has 1 aliphatic carbocycles. The van der Waals surface area contributed by atoms with Crippen molar-refractivity contribution >= 4 is 28.6 Å². The minimum Gasteiger partial charge on any atom is -0.506 e. The number of aliphatic hydroxyl groups excluding tert-OH is 1. The molecule has 1 aromatic heterocycles. The number of para-hydroxylation sites is 1. The van der Waals surface area contributed by atoms with Crippen LogP contribution < -0.4 is 21.5 Å². The van der Waals surface area contributed by atoms with E-state index < -0.39 is 12.2 Å². The van der Waals surface area contributed by atoms with Crippen molar-refractivity contribution in [2.45, 2.75) is 88.9 Å². The zero-order valence-corrected chi connectivity index (χ0v) is 31.1. The first-order valence-electron chi connectivity index (χ1n) is 19.7. The summed E-state index contributed by atoms with van der Waals surface area (Å²) in [6.07, 6.45) is 9.14. The summed E-state index contributed by atoms with van der Waals surface area (Å²) in [6, 6.07) is 24.2. The van der Waals surface area contributed by atoms with Gasteiger partial charge in [-0.3, -0.25) is 14.9 Å². The number of aliphatic hydroxyl groups is 1. The number of hydrogen-bond donors (Lipinski definition) is 6. The maximum atomic E-state index is 12.8. The number of benzene rings is 3. The molecule has 0 bridgehead atoms. The number of pyridine rings is 1. The Kier molecular flexibility index (Phi) is 14.1. The summed E-state index contributed by atoms with van der Waals surface area (Å²) in [4.78, 5) is 42.2. The molecule has 1 atom stereocenters. The summed E-state index contributed by atoms with van der Waals surface area (Å²) in [5, 5.41) is 30.9. The first-order chi connectivity index (χ1) is 26.3. The number of anilines is 1. The number of aromatic amines is 1. The molecule has 2 fully saturated rings. The number of phenols is 1. The van der Waals surface area contributed by atoms with Crippen molar-refractivity contribution in [2.75, 3.05) is 38.0 Å². The number of piperidine rings is 1. The number of carbonyl (C=O) groups excluding carboxylic acids is 2. The van der Waals surface area contributed by atoms with E-state index in [0.29, 0.717) is 35.3 Å². The summed E-state index contributed by atoms with van der Waals surface area (Å²) in [6.45, 7) is 4.01. The quantitative estimate of drug-likeness (QED) is 0.0682. The van der Waals surface area contributed by atoms with Crippen molar-refractivity contribution in [3.8, 4) is 16.9 Å². The van der Waals surface area contributed by atoms with Gasteiger partial charge in [0.2, 0.25) is 11.5 Å². The van der Waals surface area contributed by atoms with E-state index in [2.05, 4.69) is 25.8 Å². The number of hydrogen-bond acceptors (Lipinski definition) is 8. The molecule has 2 amide bonds. The van der Waals surface area contributed by atoms with Gasteiger partial charge in [-0.15, -0.1) is 0 Å². The lowest BCUT2D eigenvalue weighted by Crippen LogP contribution is -2.40. The molecule has 4 aromatic rings. The van der Waals surface area contributed by atoms with E-state index in [9.17, 15) is 24.6 Å². The lowest BCUT2D eigenvalue weighted by Gasteiger charge is -2.34. The van der Waals surface area contributed by atoms with Gasteiger partial charge in [0.15, 0.2) is 0 Å². The molecule has 11 heteroatoms. The van der Waals surface area contributed by atoms with Gasteiger partial charge in [0, 0.05) is 49.1 Å². The number of amides is 2. The number of phenolic OH excluding ortho intramolecular Hbond substituents is 1. The molecule has 6 rings (SSSR count). The Bertz CT molecular complexity index is 1870. The van der Waals surface area contributed by atoms with Crippen LogP contribution in [0.25, 0.3) is 22.0 Å². The minimum atomic E-state index is -0.783. The van der Waals surface area contributed by atoms with Gasteiger partial charge in [0.1, 0.15) is 11.9 Å². The first kappa shape index (κ1) is 39.0. The second-order valence-corrected chi connectivity index (χ2v) is 14.9. The standard InChI is InChI=1S/C43H55N5O6/c49-38-20-18-35(36-19-21-41(52)47-42(36)38)39(50)29-44-25-8-2-5-13-40(51)45-32-16-14-30(15-17-32)22-26-48-27-23-33(24-28-48)54-43(53)46-37-12-7-6-11-34(37)31-9-3-1-4-10-31/h1,3-4,6-7,9-12,18-21,30,32-33,39,44,49-50H,2,5,8,13-17,22-29H2,(H,45,51)(H,46,53)(H,47,52)/t30?,32?,39-/m1/s1. The number of nitrogens with zero attached hydrogens (tertiary/aromatic N) is 1. The number of rotatable bonds is 16. The van der Waals surface area contributed by atoms with E-state index in [1.165, 1.54) is 18.6 Å². The molecular formula is C43H55N5O6. The van der Waals surface area contributed by atoms with Crippen LogP contribution in [0.3, 0.4) is 0 Å². The normalized spacial score (nSPS) is 18.6.